The Kier molecular flexibility index (Phi) is 4.92. The van der Waals surface area contributed by atoms with Gasteiger partial charge in [-0.3, -0.25) is 14.3 Å². The third kappa shape index (κ3) is 3.66. The highest BCUT2D eigenvalue weighted by Crippen LogP contribution is 2.21. The zero-order valence-corrected chi connectivity index (χ0v) is 16.8. The number of fused-ring (bicyclic) bond motifs is 2. The summed E-state index contributed by atoms with van der Waals surface area (Å²) in [5.74, 6) is 0.213. The van der Waals surface area contributed by atoms with Gasteiger partial charge in [0.2, 0.25) is 0 Å². The quantitative estimate of drug-likeness (QED) is 0.530. The van der Waals surface area contributed by atoms with Crippen LogP contribution in [0.4, 0.5) is 0 Å². The minimum Gasteiger partial charge on any atom is -0.354 e. The number of hydrogen-bond donors (Lipinski definition) is 1. The van der Waals surface area contributed by atoms with Gasteiger partial charge in [0.15, 0.2) is 5.43 Å². The van der Waals surface area contributed by atoms with E-state index >= 15 is 0 Å². The summed E-state index contributed by atoms with van der Waals surface area (Å²) in [6.07, 6.45) is 3.69. The zero-order chi connectivity index (χ0) is 20.5. The van der Waals surface area contributed by atoms with Crippen LogP contribution in [0.5, 0.6) is 0 Å². The number of amides is 1. The monoisotopic (exact) mass is 388 g/mol. The standard InChI is InChI=1S/C23H24N4O2/c1-15(2)12-27(14-16-11-24-26(3)13-16)23(29)19-9-6-8-18-21(19)25-20-10-5-4-7-17(20)22(18)28/h4-11,13,15H,12,14H2,1-3H3,(H,25,28). The van der Waals surface area contributed by atoms with Gasteiger partial charge in [0, 0.05) is 48.2 Å². The van der Waals surface area contributed by atoms with Crippen LogP contribution in [0.25, 0.3) is 21.8 Å². The third-order valence-electron chi connectivity index (χ3n) is 4.98. The van der Waals surface area contributed by atoms with E-state index in [4.69, 9.17) is 0 Å². The van der Waals surface area contributed by atoms with E-state index < -0.39 is 0 Å². The molecule has 0 aliphatic rings. The Morgan fingerprint density at radius 2 is 1.90 bits per heavy atom. The second kappa shape index (κ2) is 7.54. The largest absolute Gasteiger partial charge is 0.354 e. The summed E-state index contributed by atoms with van der Waals surface area (Å²) in [6, 6.07) is 12.7. The summed E-state index contributed by atoms with van der Waals surface area (Å²) >= 11 is 0. The predicted molar refractivity (Wildman–Crippen MR) is 115 cm³/mol. The van der Waals surface area contributed by atoms with Gasteiger partial charge in [0.05, 0.1) is 17.3 Å². The molecular weight excluding hydrogens is 364 g/mol. The first-order valence-electron chi connectivity index (χ1n) is 9.74. The van der Waals surface area contributed by atoms with Gasteiger partial charge in [-0.15, -0.1) is 0 Å². The van der Waals surface area contributed by atoms with Crippen molar-refractivity contribution in [2.45, 2.75) is 20.4 Å². The molecule has 6 heteroatoms. The highest BCUT2D eigenvalue weighted by Gasteiger charge is 2.21. The second-order valence-corrected chi connectivity index (χ2v) is 7.83. The Morgan fingerprint density at radius 1 is 1.14 bits per heavy atom. The third-order valence-corrected chi connectivity index (χ3v) is 4.98. The van der Waals surface area contributed by atoms with Crippen LogP contribution in [-0.2, 0) is 13.6 Å². The molecule has 0 unspecified atom stereocenters. The van der Waals surface area contributed by atoms with Crippen molar-refractivity contribution in [3.05, 3.63) is 76.2 Å². The van der Waals surface area contributed by atoms with Crippen LogP contribution >= 0.6 is 0 Å². The molecule has 0 radical (unpaired) electrons. The molecule has 0 bridgehead atoms. The number of carbonyl (C=O) groups excluding carboxylic acids is 1. The molecule has 0 atom stereocenters. The minimum absolute atomic E-state index is 0.0633. The SMILES string of the molecule is CC(C)CN(Cc1cnn(C)c1)C(=O)c1cccc2c(=O)c3ccccc3[nH]c12. The van der Waals surface area contributed by atoms with Crippen LogP contribution < -0.4 is 5.43 Å². The van der Waals surface area contributed by atoms with E-state index in [1.165, 1.54) is 0 Å². The fourth-order valence-electron chi connectivity index (χ4n) is 3.73. The first-order chi connectivity index (χ1) is 13.9. The molecule has 4 rings (SSSR count). The average Bonchev–Trinajstić information content (AvgIpc) is 3.11. The van der Waals surface area contributed by atoms with Crippen LogP contribution in [0.15, 0.2) is 59.7 Å². The maximum absolute atomic E-state index is 13.5. The van der Waals surface area contributed by atoms with Gasteiger partial charge in [-0.1, -0.05) is 32.0 Å². The summed E-state index contributed by atoms with van der Waals surface area (Å²) in [7, 11) is 1.86. The highest BCUT2D eigenvalue weighted by molar-refractivity contribution is 6.07. The molecule has 6 nitrogen and oxygen atoms in total. The molecule has 1 amide bonds. The van der Waals surface area contributed by atoms with E-state index in [0.29, 0.717) is 40.9 Å². The average molecular weight is 388 g/mol. The van der Waals surface area contributed by atoms with Crippen LogP contribution in [0.1, 0.15) is 29.8 Å². The van der Waals surface area contributed by atoms with E-state index in [-0.39, 0.29) is 11.3 Å². The van der Waals surface area contributed by atoms with Crippen molar-refractivity contribution in [3.63, 3.8) is 0 Å². The molecule has 2 aromatic carbocycles. The number of para-hydroxylation sites is 2. The normalized spacial score (nSPS) is 11.4. The number of nitrogens with one attached hydrogen (secondary N) is 1. The molecule has 148 valence electrons. The minimum atomic E-state index is -0.0981. The molecule has 0 saturated carbocycles. The van der Waals surface area contributed by atoms with Crippen molar-refractivity contribution >= 4 is 27.7 Å². The van der Waals surface area contributed by atoms with Gasteiger partial charge >= 0.3 is 0 Å². The Hall–Kier alpha value is -3.41. The number of benzene rings is 2. The van der Waals surface area contributed by atoms with E-state index in [1.807, 2.05) is 36.3 Å². The lowest BCUT2D eigenvalue weighted by Crippen LogP contribution is -2.34. The number of H-pyrrole nitrogens is 1. The molecule has 4 aromatic rings. The van der Waals surface area contributed by atoms with Crippen LogP contribution in [-0.4, -0.2) is 32.1 Å². The molecule has 0 aliphatic heterocycles. The van der Waals surface area contributed by atoms with Gasteiger partial charge in [-0.05, 0) is 30.2 Å². The maximum atomic E-state index is 13.5. The lowest BCUT2D eigenvalue weighted by Gasteiger charge is -2.25. The van der Waals surface area contributed by atoms with Crippen LogP contribution in [0.3, 0.4) is 0 Å². The molecule has 1 N–H and O–H groups in total. The number of aromatic amines is 1. The number of aryl methyl sites for hydroxylation is 1. The molecule has 29 heavy (non-hydrogen) atoms. The van der Waals surface area contributed by atoms with Crippen molar-refractivity contribution in [1.29, 1.82) is 0 Å². The molecule has 0 fully saturated rings. The number of rotatable bonds is 5. The summed E-state index contributed by atoms with van der Waals surface area (Å²) < 4.78 is 1.73. The first-order valence-corrected chi connectivity index (χ1v) is 9.74. The molecule has 0 aliphatic carbocycles. The maximum Gasteiger partial charge on any atom is 0.256 e. The number of aromatic nitrogens is 3. The molecule has 0 spiro atoms. The van der Waals surface area contributed by atoms with Crippen LogP contribution in [0, 0.1) is 5.92 Å². The first kappa shape index (κ1) is 18.9. The van der Waals surface area contributed by atoms with Crippen LogP contribution in [0.2, 0.25) is 0 Å². The van der Waals surface area contributed by atoms with Gasteiger partial charge in [-0.25, -0.2) is 0 Å². The smallest absolute Gasteiger partial charge is 0.256 e. The van der Waals surface area contributed by atoms with E-state index in [9.17, 15) is 9.59 Å². The van der Waals surface area contributed by atoms with Crippen molar-refractivity contribution in [2.75, 3.05) is 6.54 Å². The van der Waals surface area contributed by atoms with Gasteiger partial charge in [0.1, 0.15) is 0 Å². The zero-order valence-electron chi connectivity index (χ0n) is 16.8. The lowest BCUT2D eigenvalue weighted by atomic mass is 10.0. The van der Waals surface area contributed by atoms with Crippen molar-refractivity contribution in [2.24, 2.45) is 13.0 Å². The number of pyridine rings is 1. The Morgan fingerprint density at radius 3 is 2.62 bits per heavy atom. The summed E-state index contributed by atoms with van der Waals surface area (Å²) in [6.45, 7) is 5.25. The number of nitrogens with zero attached hydrogens (tertiary/aromatic N) is 3. The predicted octanol–water partition coefficient (Wildman–Crippen LogP) is 3.71. The van der Waals surface area contributed by atoms with Crippen molar-refractivity contribution < 1.29 is 4.79 Å². The number of carbonyl (C=O) groups is 1. The number of hydrogen-bond acceptors (Lipinski definition) is 3. The summed E-state index contributed by atoms with van der Waals surface area (Å²) in [5, 5.41) is 5.36. The summed E-state index contributed by atoms with van der Waals surface area (Å²) in [4.78, 5) is 31.6. The molecule has 2 aromatic heterocycles. The van der Waals surface area contributed by atoms with Gasteiger partial charge in [-0.2, -0.15) is 5.10 Å². The van der Waals surface area contributed by atoms with E-state index in [1.54, 1.807) is 35.1 Å². The Balaban J connectivity index is 1.82. The van der Waals surface area contributed by atoms with E-state index in [2.05, 4.69) is 23.9 Å². The fraction of sp³-hybridized carbons (Fsp3) is 0.261. The topological polar surface area (TPSA) is 71.0 Å². The Bertz CT molecular complexity index is 1250. The van der Waals surface area contributed by atoms with Crippen molar-refractivity contribution in [1.82, 2.24) is 19.7 Å². The van der Waals surface area contributed by atoms with Gasteiger partial charge in [0.25, 0.3) is 5.91 Å². The van der Waals surface area contributed by atoms with Gasteiger partial charge < -0.3 is 9.88 Å². The fourth-order valence-corrected chi connectivity index (χ4v) is 3.73. The Labute approximate surface area is 168 Å². The summed E-state index contributed by atoms with van der Waals surface area (Å²) in [5.41, 5.74) is 2.73. The second-order valence-electron chi connectivity index (χ2n) is 7.83. The lowest BCUT2D eigenvalue weighted by molar-refractivity contribution is 0.0724. The van der Waals surface area contributed by atoms with E-state index in [0.717, 1.165) is 11.1 Å². The molecule has 0 saturated heterocycles. The highest BCUT2D eigenvalue weighted by atomic mass is 16.2. The van der Waals surface area contributed by atoms with Crippen molar-refractivity contribution in [3.8, 4) is 0 Å². The molecular formula is C23H24N4O2. The molecule has 2 heterocycles.